The summed E-state index contributed by atoms with van der Waals surface area (Å²) in [5.41, 5.74) is 3.48. The lowest BCUT2D eigenvalue weighted by atomic mass is 10.1. The third-order valence-corrected chi connectivity index (χ3v) is 6.65. The molecule has 0 aliphatic carbocycles. The SMILES string of the molecule is COc1ccc(CN(Cc2ccc(OC)cc2)c2ncc(N3C4CCC3CNC4)cn2)cc1. The number of hydrogen-bond acceptors (Lipinski definition) is 7. The molecule has 1 aromatic heterocycles. The zero-order valence-electron chi connectivity index (χ0n) is 19.3. The first-order valence-electron chi connectivity index (χ1n) is 11.6. The highest BCUT2D eigenvalue weighted by atomic mass is 16.5. The number of methoxy groups -OCH3 is 2. The number of fused-ring (bicyclic) bond motifs is 2. The average molecular weight is 446 g/mol. The van der Waals surface area contributed by atoms with Crippen LogP contribution in [0, 0.1) is 0 Å². The fourth-order valence-corrected chi connectivity index (χ4v) is 4.91. The van der Waals surface area contributed by atoms with Crippen LogP contribution in [0.1, 0.15) is 24.0 Å². The van der Waals surface area contributed by atoms with E-state index < -0.39 is 0 Å². The normalized spacial score (nSPS) is 19.4. The lowest BCUT2D eigenvalue weighted by Gasteiger charge is -2.36. The summed E-state index contributed by atoms with van der Waals surface area (Å²) < 4.78 is 10.6. The van der Waals surface area contributed by atoms with Gasteiger partial charge in [0, 0.05) is 38.3 Å². The van der Waals surface area contributed by atoms with Crippen LogP contribution in [-0.4, -0.2) is 49.4 Å². The zero-order valence-corrected chi connectivity index (χ0v) is 19.3. The molecule has 5 rings (SSSR count). The van der Waals surface area contributed by atoms with Gasteiger partial charge in [-0.05, 0) is 48.2 Å². The van der Waals surface area contributed by atoms with Gasteiger partial charge in [-0.2, -0.15) is 0 Å². The zero-order chi connectivity index (χ0) is 22.6. The first-order chi connectivity index (χ1) is 16.2. The number of benzene rings is 2. The van der Waals surface area contributed by atoms with Gasteiger partial charge in [-0.25, -0.2) is 9.97 Å². The van der Waals surface area contributed by atoms with Gasteiger partial charge in [-0.3, -0.25) is 0 Å². The second-order valence-electron chi connectivity index (χ2n) is 8.74. The van der Waals surface area contributed by atoms with Crippen LogP contribution < -0.4 is 24.6 Å². The first kappa shape index (κ1) is 21.5. The molecule has 0 radical (unpaired) electrons. The monoisotopic (exact) mass is 445 g/mol. The Kier molecular flexibility index (Phi) is 6.30. The Bertz CT molecular complexity index is 974. The number of rotatable bonds is 8. The van der Waals surface area contributed by atoms with Crippen molar-refractivity contribution in [1.82, 2.24) is 15.3 Å². The molecule has 172 valence electrons. The number of hydrogen-bond donors (Lipinski definition) is 1. The van der Waals surface area contributed by atoms with E-state index in [1.54, 1.807) is 14.2 Å². The van der Waals surface area contributed by atoms with E-state index in [0.29, 0.717) is 25.2 Å². The molecule has 2 bridgehead atoms. The molecule has 2 aromatic carbocycles. The molecule has 33 heavy (non-hydrogen) atoms. The lowest BCUT2D eigenvalue weighted by Crippen LogP contribution is -2.52. The van der Waals surface area contributed by atoms with E-state index in [1.165, 1.54) is 24.0 Å². The van der Waals surface area contributed by atoms with Crippen LogP contribution >= 0.6 is 0 Å². The predicted octanol–water partition coefficient (Wildman–Crippen LogP) is 3.64. The summed E-state index contributed by atoms with van der Waals surface area (Å²) in [6.07, 6.45) is 6.46. The molecular weight excluding hydrogens is 414 g/mol. The highest BCUT2D eigenvalue weighted by Crippen LogP contribution is 2.32. The van der Waals surface area contributed by atoms with Crippen LogP contribution in [0.3, 0.4) is 0 Å². The van der Waals surface area contributed by atoms with Gasteiger partial charge in [0.05, 0.1) is 32.3 Å². The molecule has 0 amide bonds. The summed E-state index contributed by atoms with van der Waals surface area (Å²) in [6.45, 7) is 3.49. The maximum atomic E-state index is 5.31. The number of piperazine rings is 1. The van der Waals surface area contributed by atoms with E-state index in [9.17, 15) is 0 Å². The molecule has 2 aliphatic rings. The summed E-state index contributed by atoms with van der Waals surface area (Å²) in [4.78, 5) is 14.3. The minimum Gasteiger partial charge on any atom is -0.497 e. The van der Waals surface area contributed by atoms with E-state index in [2.05, 4.69) is 39.4 Å². The third kappa shape index (κ3) is 4.73. The van der Waals surface area contributed by atoms with Crippen molar-refractivity contribution in [3.8, 4) is 11.5 Å². The van der Waals surface area contributed by atoms with E-state index in [1.807, 2.05) is 36.7 Å². The summed E-state index contributed by atoms with van der Waals surface area (Å²) in [5.74, 6) is 2.44. The van der Waals surface area contributed by atoms with Crippen LogP contribution in [0.25, 0.3) is 0 Å². The van der Waals surface area contributed by atoms with Gasteiger partial charge in [-0.1, -0.05) is 24.3 Å². The average Bonchev–Trinajstić information content (AvgIpc) is 3.12. The van der Waals surface area contributed by atoms with Gasteiger partial charge in [-0.15, -0.1) is 0 Å². The number of nitrogens with one attached hydrogen (secondary N) is 1. The number of aromatic nitrogens is 2. The molecule has 3 heterocycles. The second-order valence-corrected chi connectivity index (χ2v) is 8.74. The van der Waals surface area contributed by atoms with Gasteiger partial charge in [0.25, 0.3) is 0 Å². The van der Waals surface area contributed by atoms with Crippen molar-refractivity contribution in [2.45, 2.75) is 38.0 Å². The molecule has 2 unspecified atom stereocenters. The predicted molar refractivity (Wildman–Crippen MR) is 130 cm³/mol. The molecule has 2 aliphatic heterocycles. The molecule has 2 saturated heterocycles. The van der Waals surface area contributed by atoms with E-state index in [4.69, 9.17) is 19.4 Å². The molecule has 2 fully saturated rings. The lowest BCUT2D eigenvalue weighted by molar-refractivity contribution is 0.414. The van der Waals surface area contributed by atoms with Crippen molar-refractivity contribution in [1.29, 1.82) is 0 Å². The Hall–Kier alpha value is -3.32. The number of nitrogens with zero attached hydrogens (tertiary/aromatic N) is 4. The quantitative estimate of drug-likeness (QED) is 0.568. The topological polar surface area (TPSA) is 62.8 Å². The number of anilines is 2. The van der Waals surface area contributed by atoms with E-state index in [0.717, 1.165) is 36.2 Å². The highest BCUT2D eigenvalue weighted by Gasteiger charge is 2.36. The van der Waals surface area contributed by atoms with Crippen molar-refractivity contribution >= 4 is 11.6 Å². The van der Waals surface area contributed by atoms with E-state index >= 15 is 0 Å². The largest absolute Gasteiger partial charge is 0.497 e. The summed E-state index contributed by atoms with van der Waals surface area (Å²) in [5, 5.41) is 3.54. The molecule has 3 aromatic rings. The molecule has 7 heteroatoms. The standard InChI is InChI=1S/C26H31N5O2/c1-32-24-9-3-19(4-10-24)17-30(18-20-5-11-25(33-2)12-6-20)26-28-15-23(16-29-26)31-21-7-8-22(31)14-27-13-21/h3-6,9-12,15-16,21-22,27H,7-8,13-14,17-18H2,1-2H3. The smallest absolute Gasteiger partial charge is 0.225 e. The summed E-state index contributed by atoms with van der Waals surface area (Å²) >= 11 is 0. The molecule has 7 nitrogen and oxygen atoms in total. The van der Waals surface area contributed by atoms with Crippen LogP contribution in [0.15, 0.2) is 60.9 Å². The van der Waals surface area contributed by atoms with Gasteiger partial charge in [0.2, 0.25) is 5.95 Å². The van der Waals surface area contributed by atoms with Crippen molar-refractivity contribution in [2.75, 3.05) is 37.1 Å². The maximum Gasteiger partial charge on any atom is 0.225 e. The first-order valence-corrected chi connectivity index (χ1v) is 11.6. The minimum absolute atomic E-state index is 0.549. The fourth-order valence-electron chi connectivity index (χ4n) is 4.91. The maximum absolute atomic E-state index is 5.31. The van der Waals surface area contributed by atoms with Crippen molar-refractivity contribution < 1.29 is 9.47 Å². The Balaban J connectivity index is 1.38. The third-order valence-electron chi connectivity index (χ3n) is 6.65. The van der Waals surface area contributed by atoms with Gasteiger partial charge < -0.3 is 24.6 Å². The number of ether oxygens (including phenoxy) is 2. The van der Waals surface area contributed by atoms with Crippen LogP contribution in [0.5, 0.6) is 11.5 Å². The molecular formula is C26H31N5O2. The van der Waals surface area contributed by atoms with Crippen molar-refractivity contribution in [3.05, 3.63) is 72.1 Å². The Morgan fingerprint density at radius 1 is 0.818 bits per heavy atom. The molecule has 0 spiro atoms. The molecule has 2 atom stereocenters. The van der Waals surface area contributed by atoms with Crippen LogP contribution in [-0.2, 0) is 13.1 Å². The van der Waals surface area contributed by atoms with Gasteiger partial charge in [0.15, 0.2) is 0 Å². The van der Waals surface area contributed by atoms with E-state index in [-0.39, 0.29) is 0 Å². The van der Waals surface area contributed by atoms with Gasteiger partial charge >= 0.3 is 0 Å². The van der Waals surface area contributed by atoms with Gasteiger partial charge in [0.1, 0.15) is 11.5 Å². The van der Waals surface area contributed by atoms with Crippen LogP contribution in [0.2, 0.25) is 0 Å². The summed E-state index contributed by atoms with van der Waals surface area (Å²) in [6, 6.07) is 17.4. The van der Waals surface area contributed by atoms with Crippen molar-refractivity contribution in [2.24, 2.45) is 0 Å². The highest BCUT2D eigenvalue weighted by molar-refractivity contribution is 5.50. The Labute approximate surface area is 195 Å². The van der Waals surface area contributed by atoms with Crippen molar-refractivity contribution in [3.63, 3.8) is 0 Å². The Morgan fingerprint density at radius 2 is 1.30 bits per heavy atom. The molecule has 1 N–H and O–H groups in total. The molecule has 0 saturated carbocycles. The van der Waals surface area contributed by atoms with Crippen LogP contribution in [0.4, 0.5) is 11.6 Å². The minimum atomic E-state index is 0.549. The fraction of sp³-hybridized carbons (Fsp3) is 0.385. The summed E-state index contributed by atoms with van der Waals surface area (Å²) in [7, 11) is 3.37. The second kappa shape index (κ2) is 9.67. The Morgan fingerprint density at radius 3 is 1.76 bits per heavy atom.